The molecule has 0 spiro atoms. The molecule has 0 fully saturated rings. The fraction of sp³-hybridized carbons (Fsp3) is 0.125. The number of amides is 1. The van der Waals surface area contributed by atoms with Crippen LogP contribution in [0, 0.1) is 20.2 Å². The van der Waals surface area contributed by atoms with Gasteiger partial charge in [0.2, 0.25) is 0 Å². The lowest BCUT2D eigenvalue weighted by atomic mass is 10.2. The Morgan fingerprint density at radius 3 is 2.59 bits per heavy atom. The van der Waals surface area contributed by atoms with Gasteiger partial charge in [-0.25, -0.2) is 0 Å². The largest absolute Gasteiger partial charge is 0.378 e. The number of hydrogen-bond donors (Lipinski definition) is 3. The molecule has 0 bridgehead atoms. The van der Waals surface area contributed by atoms with E-state index in [0.717, 1.165) is 0 Å². The van der Waals surface area contributed by atoms with E-state index in [-0.39, 0.29) is 30.2 Å². The van der Waals surface area contributed by atoms with E-state index in [0.29, 0.717) is 16.6 Å². The third kappa shape index (κ3) is 3.81. The van der Waals surface area contributed by atoms with E-state index < -0.39 is 15.8 Å². The predicted octanol–water partition coefficient (Wildman–Crippen LogP) is 2.22. The van der Waals surface area contributed by atoms with Crippen LogP contribution in [0.5, 0.6) is 0 Å². The Kier molecular flexibility index (Phi) is 4.92. The molecule has 1 aromatic heterocycles. The van der Waals surface area contributed by atoms with Crippen molar-refractivity contribution in [1.82, 2.24) is 15.5 Å². The first-order valence-electron chi connectivity index (χ1n) is 7.85. The topological polar surface area (TPSA) is 156 Å². The number of nitrogens with one attached hydrogen (secondary N) is 3. The van der Waals surface area contributed by atoms with Gasteiger partial charge < -0.3 is 10.6 Å². The average Bonchev–Trinajstić information content (AvgIpc) is 3.08. The van der Waals surface area contributed by atoms with Crippen molar-refractivity contribution in [3.05, 3.63) is 68.4 Å². The molecule has 11 nitrogen and oxygen atoms in total. The number of benzene rings is 2. The van der Waals surface area contributed by atoms with Crippen molar-refractivity contribution in [2.24, 2.45) is 0 Å². The normalized spacial score (nSPS) is 10.5. The van der Waals surface area contributed by atoms with Crippen LogP contribution in [0.3, 0.4) is 0 Å². The molecule has 11 heteroatoms. The minimum absolute atomic E-state index is 0.0411. The van der Waals surface area contributed by atoms with Crippen molar-refractivity contribution in [3.8, 4) is 0 Å². The minimum atomic E-state index is -0.551. The zero-order chi connectivity index (χ0) is 19.4. The summed E-state index contributed by atoms with van der Waals surface area (Å²) in [6.45, 7) is 0.424. The summed E-state index contributed by atoms with van der Waals surface area (Å²) >= 11 is 0. The van der Waals surface area contributed by atoms with Crippen LogP contribution in [0.15, 0.2) is 42.5 Å². The Hall–Kier alpha value is -4.02. The summed E-state index contributed by atoms with van der Waals surface area (Å²) in [7, 11) is 0. The van der Waals surface area contributed by atoms with Crippen molar-refractivity contribution in [1.29, 1.82) is 0 Å². The van der Waals surface area contributed by atoms with Crippen molar-refractivity contribution < 1.29 is 14.6 Å². The summed E-state index contributed by atoms with van der Waals surface area (Å²) in [5.74, 6) is -0.508. The highest BCUT2D eigenvalue weighted by Crippen LogP contribution is 2.23. The van der Waals surface area contributed by atoms with Gasteiger partial charge in [-0.1, -0.05) is 12.1 Å². The summed E-state index contributed by atoms with van der Waals surface area (Å²) in [6, 6.07) is 10.2. The first-order valence-corrected chi connectivity index (χ1v) is 7.85. The van der Waals surface area contributed by atoms with Gasteiger partial charge in [0, 0.05) is 36.7 Å². The SMILES string of the molecule is O=C(NCCNc1ccccc1[N+](=O)[O-])c1n[nH]c2ccc([N+](=O)[O-])cc12. The molecule has 0 unspecified atom stereocenters. The van der Waals surface area contributed by atoms with E-state index in [4.69, 9.17) is 0 Å². The van der Waals surface area contributed by atoms with Crippen molar-refractivity contribution in [2.45, 2.75) is 0 Å². The number of nitrogens with zero attached hydrogens (tertiary/aromatic N) is 3. The smallest absolute Gasteiger partial charge is 0.292 e. The van der Waals surface area contributed by atoms with E-state index in [9.17, 15) is 25.0 Å². The molecule has 3 rings (SSSR count). The standard InChI is InChI=1S/C16H14N6O5/c23-16(15-11-9-10(21(24)25)5-6-12(11)19-20-15)18-8-7-17-13-3-1-2-4-14(13)22(26)27/h1-6,9,17H,7-8H2,(H,18,23)(H,19,20). The number of aromatic amines is 1. The molecule has 1 heterocycles. The number of para-hydroxylation sites is 2. The van der Waals surface area contributed by atoms with E-state index in [1.54, 1.807) is 18.2 Å². The highest BCUT2D eigenvalue weighted by atomic mass is 16.6. The molecular weight excluding hydrogens is 356 g/mol. The Morgan fingerprint density at radius 1 is 1.07 bits per heavy atom. The number of hydrogen-bond acceptors (Lipinski definition) is 7. The van der Waals surface area contributed by atoms with Gasteiger partial charge in [0.25, 0.3) is 17.3 Å². The number of anilines is 1. The number of nitro groups is 2. The summed E-state index contributed by atoms with van der Waals surface area (Å²) in [5, 5.41) is 34.2. The van der Waals surface area contributed by atoms with E-state index in [1.807, 2.05) is 0 Å². The van der Waals surface area contributed by atoms with Crippen molar-refractivity contribution in [2.75, 3.05) is 18.4 Å². The van der Waals surface area contributed by atoms with Gasteiger partial charge in [0.05, 0.1) is 15.4 Å². The molecule has 27 heavy (non-hydrogen) atoms. The molecule has 0 aliphatic carbocycles. The fourth-order valence-corrected chi connectivity index (χ4v) is 2.53. The molecule has 0 atom stereocenters. The van der Waals surface area contributed by atoms with Crippen LogP contribution >= 0.6 is 0 Å². The molecule has 0 radical (unpaired) electrons. The molecule has 0 saturated heterocycles. The highest BCUT2D eigenvalue weighted by molar-refractivity contribution is 6.05. The molecule has 3 aromatic rings. The second kappa shape index (κ2) is 7.47. The molecular formula is C16H14N6O5. The lowest BCUT2D eigenvalue weighted by molar-refractivity contribution is -0.384. The zero-order valence-electron chi connectivity index (χ0n) is 13.8. The van der Waals surface area contributed by atoms with E-state index in [2.05, 4.69) is 20.8 Å². The average molecular weight is 370 g/mol. The minimum Gasteiger partial charge on any atom is -0.378 e. The molecule has 0 saturated carbocycles. The number of carbonyl (C=O) groups excluding carboxylic acids is 1. The number of fused-ring (bicyclic) bond motifs is 1. The van der Waals surface area contributed by atoms with Crippen molar-refractivity contribution in [3.63, 3.8) is 0 Å². The fourth-order valence-electron chi connectivity index (χ4n) is 2.53. The lowest BCUT2D eigenvalue weighted by Crippen LogP contribution is -2.29. The first-order chi connectivity index (χ1) is 13.0. The molecule has 138 valence electrons. The molecule has 2 aromatic carbocycles. The van der Waals surface area contributed by atoms with Crippen LogP contribution in [0.4, 0.5) is 17.1 Å². The van der Waals surface area contributed by atoms with Crippen molar-refractivity contribution >= 4 is 33.9 Å². The van der Waals surface area contributed by atoms with Gasteiger partial charge in [0.1, 0.15) is 5.69 Å². The van der Waals surface area contributed by atoms with Gasteiger partial charge in [-0.15, -0.1) is 0 Å². The van der Waals surface area contributed by atoms with Gasteiger partial charge in [-0.05, 0) is 12.1 Å². The number of aromatic nitrogens is 2. The zero-order valence-corrected chi connectivity index (χ0v) is 13.8. The van der Waals surface area contributed by atoms with Gasteiger partial charge in [0.15, 0.2) is 5.69 Å². The van der Waals surface area contributed by atoms with E-state index >= 15 is 0 Å². The summed E-state index contributed by atoms with van der Waals surface area (Å²) < 4.78 is 0. The van der Waals surface area contributed by atoms with Crippen LogP contribution in [-0.4, -0.2) is 39.0 Å². The van der Waals surface area contributed by atoms with Gasteiger partial charge >= 0.3 is 0 Å². The monoisotopic (exact) mass is 370 g/mol. The number of H-pyrrole nitrogens is 1. The Morgan fingerprint density at radius 2 is 1.85 bits per heavy atom. The van der Waals surface area contributed by atoms with Gasteiger partial charge in [-0.3, -0.25) is 30.1 Å². The maximum absolute atomic E-state index is 12.3. The lowest BCUT2D eigenvalue weighted by Gasteiger charge is -2.07. The first kappa shape index (κ1) is 17.8. The Bertz CT molecular complexity index is 1030. The summed E-state index contributed by atoms with van der Waals surface area (Å²) in [6.07, 6.45) is 0. The maximum atomic E-state index is 12.3. The number of carbonyl (C=O) groups is 1. The van der Waals surface area contributed by atoms with Crippen LogP contribution in [0.2, 0.25) is 0 Å². The number of rotatable bonds is 7. The van der Waals surface area contributed by atoms with Crippen LogP contribution < -0.4 is 10.6 Å². The van der Waals surface area contributed by atoms with Gasteiger partial charge in [-0.2, -0.15) is 5.10 Å². The quantitative estimate of drug-likeness (QED) is 0.327. The molecule has 0 aliphatic rings. The third-order valence-corrected chi connectivity index (χ3v) is 3.80. The third-order valence-electron chi connectivity index (χ3n) is 3.80. The predicted molar refractivity (Wildman–Crippen MR) is 96.7 cm³/mol. The molecule has 1 amide bonds. The Balaban J connectivity index is 1.63. The summed E-state index contributed by atoms with van der Waals surface area (Å²) in [5.41, 5.74) is 0.686. The molecule has 3 N–H and O–H groups in total. The van der Waals surface area contributed by atoms with Crippen LogP contribution in [-0.2, 0) is 0 Å². The highest BCUT2D eigenvalue weighted by Gasteiger charge is 2.17. The second-order valence-electron chi connectivity index (χ2n) is 5.52. The van der Waals surface area contributed by atoms with E-state index in [1.165, 1.54) is 24.3 Å². The number of non-ortho nitro benzene ring substituents is 1. The summed E-state index contributed by atoms with van der Waals surface area (Å²) in [4.78, 5) is 33.1. The molecule has 0 aliphatic heterocycles. The second-order valence-corrected chi connectivity index (χ2v) is 5.52. The maximum Gasteiger partial charge on any atom is 0.292 e. The van der Waals surface area contributed by atoms with Crippen LogP contribution in [0.25, 0.3) is 10.9 Å². The Labute approximate surface area is 151 Å². The van der Waals surface area contributed by atoms with Crippen LogP contribution in [0.1, 0.15) is 10.5 Å². The number of nitro benzene ring substituents is 2.